The van der Waals surface area contributed by atoms with Gasteiger partial charge in [0.15, 0.2) is 17.2 Å². The molecule has 0 saturated heterocycles. The molecule has 6 heteroatoms. The predicted octanol–water partition coefficient (Wildman–Crippen LogP) is 5.96. The summed E-state index contributed by atoms with van der Waals surface area (Å²) in [5.74, 6) is 1.20. The Bertz CT molecular complexity index is 1220. The molecular weight excluding hydrogens is 529 g/mol. The van der Waals surface area contributed by atoms with Crippen molar-refractivity contribution in [2.45, 2.75) is 20.3 Å². The molecule has 0 radical (unpaired) electrons. The van der Waals surface area contributed by atoms with Crippen molar-refractivity contribution in [2.75, 3.05) is 13.2 Å². The van der Waals surface area contributed by atoms with Gasteiger partial charge in [0.25, 0.3) is 0 Å². The van der Waals surface area contributed by atoms with Gasteiger partial charge < -0.3 is 14.2 Å². The van der Waals surface area contributed by atoms with Crippen LogP contribution in [0.15, 0.2) is 77.4 Å². The second-order valence-electron chi connectivity index (χ2n) is 7.50. The molecule has 0 aromatic heterocycles. The first-order valence-corrected chi connectivity index (χ1v) is 11.8. The van der Waals surface area contributed by atoms with Gasteiger partial charge in [-0.2, -0.15) is 0 Å². The summed E-state index contributed by atoms with van der Waals surface area (Å²) in [5.41, 5.74) is 4.06. The van der Waals surface area contributed by atoms with E-state index in [2.05, 4.69) is 39.7 Å². The molecule has 1 heterocycles. The van der Waals surface area contributed by atoms with Crippen LogP contribution in [-0.2, 0) is 16.0 Å². The molecule has 0 N–H and O–H groups in total. The van der Waals surface area contributed by atoms with Gasteiger partial charge in [0.05, 0.1) is 16.8 Å². The number of nitrogens with zero attached hydrogens (tertiary/aromatic N) is 1. The first kappa shape index (κ1) is 23.0. The minimum Gasteiger partial charge on any atom is -0.490 e. The Morgan fingerprint density at radius 3 is 2.55 bits per heavy atom. The number of esters is 1. The van der Waals surface area contributed by atoms with E-state index in [9.17, 15) is 4.79 Å². The van der Waals surface area contributed by atoms with Gasteiger partial charge in [-0.1, -0.05) is 48.5 Å². The largest absolute Gasteiger partial charge is 0.490 e. The number of hydrogen-bond donors (Lipinski definition) is 0. The minimum atomic E-state index is -0.468. The van der Waals surface area contributed by atoms with E-state index in [1.165, 1.54) is 5.56 Å². The van der Waals surface area contributed by atoms with E-state index in [0.29, 0.717) is 30.6 Å². The minimum absolute atomic E-state index is 0.254. The molecule has 0 amide bonds. The Kier molecular flexibility index (Phi) is 7.44. The Balaban J connectivity index is 1.57. The lowest BCUT2D eigenvalue weighted by Crippen LogP contribution is -2.07. The smallest absolute Gasteiger partial charge is 0.363 e. The number of cyclic esters (lactones) is 1. The van der Waals surface area contributed by atoms with Crippen molar-refractivity contribution in [3.8, 4) is 11.5 Å². The molecule has 0 fully saturated rings. The topological polar surface area (TPSA) is 57.1 Å². The van der Waals surface area contributed by atoms with Crippen molar-refractivity contribution in [3.05, 3.63) is 98.3 Å². The maximum absolute atomic E-state index is 12.4. The first-order valence-electron chi connectivity index (χ1n) is 10.8. The van der Waals surface area contributed by atoms with Crippen molar-refractivity contribution in [2.24, 2.45) is 4.99 Å². The summed E-state index contributed by atoms with van der Waals surface area (Å²) in [6.07, 6.45) is 2.52. The molecule has 0 unspecified atom stereocenters. The summed E-state index contributed by atoms with van der Waals surface area (Å²) in [6, 6.07) is 21.7. The number of carbonyl (C=O) groups is 1. The second kappa shape index (κ2) is 10.7. The van der Waals surface area contributed by atoms with Crippen LogP contribution >= 0.6 is 22.6 Å². The van der Waals surface area contributed by atoms with Crippen LogP contribution in [0, 0.1) is 10.5 Å². The lowest BCUT2D eigenvalue weighted by molar-refractivity contribution is -0.129. The fourth-order valence-electron chi connectivity index (χ4n) is 3.48. The molecule has 168 valence electrons. The predicted molar refractivity (Wildman–Crippen MR) is 138 cm³/mol. The fraction of sp³-hybridized carbons (Fsp3) is 0.185. The summed E-state index contributed by atoms with van der Waals surface area (Å²) in [7, 11) is 0. The molecule has 3 aromatic carbocycles. The number of benzene rings is 3. The number of aryl methyl sites for hydroxylation is 1. The van der Waals surface area contributed by atoms with Crippen LogP contribution in [0.5, 0.6) is 11.5 Å². The zero-order valence-corrected chi connectivity index (χ0v) is 20.7. The average Bonchev–Trinajstić information content (AvgIpc) is 3.16. The third-order valence-corrected chi connectivity index (χ3v) is 5.91. The Morgan fingerprint density at radius 2 is 1.79 bits per heavy atom. The van der Waals surface area contributed by atoms with Crippen molar-refractivity contribution >= 4 is 40.5 Å². The van der Waals surface area contributed by atoms with E-state index in [1.54, 1.807) is 6.08 Å². The van der Waals surface area contributed by atoms with Crippen LogP contribution in [-0.4, -0.2) is 25.1 Å². The third kappa shape index (κ3) is 5.63. The van der Waals surface area contributed by atoms with Crippen molar-refractivity contribution in [3.63, 3.8) is 0 Å². The molecule has 0 atom stereocenters. The Hall–Kier alpha value is -3.13. The van der Waals surface area contributed by atoms with Gasteiger partial charge in [-0.3, -0.25) is 0 Å². The van der Waals surface area contributed by atoms with Gasteiger partial charge in [-0.05, 0) is 77.4 Å². The summed E-state index contributed by atoms with van der Waals surface area (Å²) in [4.78, 5) is 16.9. The number of carbonyl (C=O) groups excluding carboxylic acids is 1. The zero-order valence-electron chi connectivity index (χ0n) is 18.5. The molecule has 3 aromatic rings. The fourth-order valence-corrected chi connectivity index (χ4v) is 4.27. The van der Waals surface area contributed by atoms with E-state index in [1.807, 2.05) is 68.4 Å². The molecule has 0 bridgehead atoms. The summed E-state index contributed by atoms with van der Waals surface area (Å²) >= 11 is 2.23. The SMILES string of the molecule is CCOc1cc(/C=C2\N=C(c3ccccc3C)OC2=O)cc(I)c1OCCc1ccccc1. The van der Waals surface area contributed by atoms with Crippen molar-refractivity contribution in [1.29, 1.82) is 0 Å². The Morgan fingerprint density at radius 1 is 1.03 bits per heavy atom. The van der Waals surface area contributed by atoms with Crippen LogP contribution in [0.2, 0.25) is 0 Å². The molecule has 5 nitrogen and oxygen atoms in total. The number of halogens is 1. The standard InChI is InChI=1S/C27H24INO4/c1-3-31-24-17-20(15-22(28)25(24)32-14-13-19-10-5-4-6-11-19)16-23-27(30)33-26(29-23)21-12-8-7-9-18(21)2/h4-12,15-17H,3,13-14H2,1-2H3/b23-16-. The van der Waals surface area contributed by atoms with Gasteiger partial charge in [-0.15, -0.1) is 0 Å². The van der Waals surface area contributed by atoms with Crippen molar-refractivity contribution in [1.82, 2.24) is 0 Å². The highest BCUT2D eigenvalue weighted by Crippen LogP contribution is 2.35. The number of aliphatic imine (C=N–C) groups is 1. The summed E-state index contributed by atoms with van der Waals surface area (Å²) in [5, 5.41) is 0. The highest BCUT2D eigenvalue weighted by Gasteiger charge is 2.25. The van der Waals surface area contributed by atoms with E-state index < -0.39 is 5.97 Å². The molecule has 0 aliphatic carbocycles. The van der Waals surface area contributed by atoms with Gasteiger partial charge in [0, 0.05) is 12.0 Å². The molecule has 0 saturated carbocycles. The normalized spacial score (nSPS) is 14.2. The third-order valence-electron chi connectivity index (χ3n) is 5.11. The zero-order chi connectivity index (χ0) is 23.2. The number of ether oxygens (including phenoxy) is 3. The van der Waals surface area contributed by atoms with E-state index in [0.717, 1.165) is 26.7 Å². The van der Waals surface area contributed by atoms with Crippen LogP contribution in [0.25, 0.3) is 6.08 Å². The van der Waals surface area contributed by atoms with E-state index in [4.69, 9.17) is 14.2 Å². The average molecular weight is 553 g/mol. The highest BCUT2D eigenvalue weighted by molar-refractivity contribution is 14.1. The van der Waals surface area contributed by atoms with E-state index >= 15 is 0 Å². The highest BCUT2D eigenvalue weighted by atomic mass is 127. The lowest BCUT2D eigenvalue weighted by atomic mass is 10.1. The van der Waals surface area contributed by atoms with Gasteiger partial charge in [0.2, 0.25) is 5.90 Å². The molecule has 33 heavy (non-hydrogen) atoms. The molecule has 1 aliphatic heterocycles. The maximum atomic E-state index is 12.4. The monoisotopic (exact) mass is 553 g/mol. The van der Waals surface area contributed by atoms with E-state index in [-0.39, 0.29) is 5.70 Å². The Labute approximate surface area is 207 Å². The molecule has 4 rings (SSSR count). The number of rotatable bonds is 8. The molecule has 1 aliphatic rings. The number of hydrogen-bond acceptors (Lipinski definition) is 5. The van der Waals surface area contributed by atoms with Crippen LogP contribution in [0.4, 0.5) is 0 Å². The second-order valence-corrected chi connectivity index (χ2v) is 8.66. The van der Waals surface area contributed by atoms with Gasteiger partial charge in [0.1, 0.15) is 0 Å². The maximum Gasteiger partial charge on any atom is 0.363 e. The summed E-state index contributed by atoms with van der Waals surface area (Å²) in [6.45, 7) is 4.93. The van der Waals surface area contributed by atoms with Crippen LogP contribution in [0.1, 0.15) is 29.2 Å². The first-order chi connectivity index (χ1) is 16.0. The quantitative estimate of drug-likeness (QED) is 0.196. The van der Waals surface area contributed by atoms with Crippen molar-refractivity contribution < 1.29 is 19.0 Å². The molecular formula is C27H24INO4. The van der Waals surface area contributed by atoms with Crippen LogP contribution < -0.4 is 9.47 Å². The van der Waals surface area contributed by atoms with Gasteiger partial charge >= 0.3 is 5.97 Å². The summed E-state index contributed by atoms with van der Waals surface area (Å²) < 4.78 is 18.3. The molecule has 0 spiro atoms. The van der Waals surface area contributed by atoms with Gasteiger partial charge in [-0.25, -0.2) is 9.79 Å². The van der Waals surface area contributed by atoms with Crippen LogP contribution in [0.3, 0.4) is 0 Å². The lowest BCUT2D eigenvalue weighted by Gasteiger charge is -2.15.